The van der Waals surface area contributed by atoms with E-state index in [9.17, 15) is 9.90 Å². The lowest BCUT2D eigenvalue weighted by atomic mass is 10.1. The molecule has 3 N–H and O–H groups in total. The third kappa shape index (κ3) is 5.16. The number of nitrogens with one attached hydrogen (secondary N) is 2. The second kappa shape index (κ2) is 8.49. The van der Waals surface area contributed by atoms with Crippen molar-refractivity contribution in [2.24, 2.45) is 0 Å². The summed E-state index contributed by atoms with van der Waals surface area (Å²) in [6, 6.07) is 8.65. The first kappa shape index (κ1) is 14.5. The Hall–Kier alpha value is -1.59. The molecule has 0 saturated carbocycles. The molecule has 5 nitrogen and oxygen atoms in total. The van der Waals surface area contributed by atoms with Gasteiger partial charge in [-0.15, -0.1) is 0 Å². The lowest BCUT2D eigenvalue weighted by molar-refractivity contribution is 0.149. The summed E-state index contributed by atoms with van der Waals surface area (Å²) in [5, 5.41) is 14.6. The van der Waals surface area contributed by atoms with Crippen LogP contribution in [0, 0.1) is 0 Å². The fraction of sp³-hybridized carbons (Fsp3) is 0.462. The highest BCUT2D eigenvalue weighted by molar-refractivity contribution is 5.74. The molecule has 1 rings (SSSR count). The molecule has 0 fully saturated rings. The minimum Gasteiger partial charge on any atom is -0.394 e. The number of carbonyl (C=O) groups excluding carboxylic acids is 1. The Kier molecular flexibility index (Phi) is 6.83. The summed E-state index contributed by atoms with van der Waals surface area (Å²) >= 11 is 0. The van der Waals surface area contributed by atoms with E-state index in [0.29, 0.717) is 19.8 Å². The summed E-state index contributed by atoms with van der Waals surface area (Å²) in [5.41, 5.74) is 0.875. The number of hydrogen-bond acceptors (Lipinski definition) is 3. The van der Waals surface area contributed by atoms with Crippen LogP contribution in [-0.4, -0.2) is 37.5 Å². The van der Waals surface area contributed by atoms with Crippen LogP contribution in [0.1, 0.15) is 18.5 Å². The number of aliphatic hydroxyl groups is 1. The normalized spacial score (nSPS) is 11.9. The van der Waals surface area contributed by atoms with Crippen molar-refractivity contribution in [2.45, 2.75) is 13.0 Å². The van der Waals surface area contributed by atoms with Crippen LogP contribution in [0.25, 0.3) is 0 Å². The van der Waals surface area contributed by atoms with Gasteiger partial charge in [-0.05, 0) is 12.5 Å². The third-order valence-electron chi connectivity index (χ3n) is 2.43. The lowest BCUT2D eigenvalue weighted by Crippen LogP contribution is -2.40. The van der Waals surface area contributed by atoms with E-state index in [2.05, 4.69) is 10.6 Å². The van der Waals surface area contributed by atoms with E-state index < -0.39 is 6.04 Å². The monoisotopic (exact) mass is 252 g/mol. The molecule has 0 bridgehead atoms. The van der Waals surface area contributed by atoms with Gasteiger partial charge in [0.1, 0.15) is 0 Å². The molecule has 1 aromatic rings. The van der Waals surface area contributed by atoms with E-state index >= 15 is 0 Å². The quantitative estimate of drug-likeness (QED) is 0.635. The summed E-state index contributed by atoms with van der Waals surface area (Å²) in [6.07, 6.45) is 0. The summed E-state index contributed by atoms with van der Waals surface area (Å²) in [5.74, 6) is 0. The fourth-order valence-corrected chi connectivity index (χ4v) is 1.51. The molecule has 0 radical (unpaired) electrons. The van der Waals surface area contributed by atoms with Gasteiger partial charge in [-0.3, -0.25) is 0 Å². The van der Waals surface area contributed by atoms with Gasteiger partial charge in [-0.25, -0.2) is 4.79 Å². The Morgan fingerprint density at radius 2 is 2.11 bits per heavy atom. The van der Waals surface area contributed by atoms with Crippen molar-refractivity contribution in [3.05, 3.63) is 35.9 Å². The smallest absolute Gasteiger partial charge is 0.315 e. The van der Waals surface area contributed by atoms with Gasteiger partial charge in [0.25, 0.3) is 0 Å². The number of rotatable bonds is 7. The number of amides is 2. The second-order valence-corrected chi connectivity index (χ2v) is 3.74. The SMILES string of the molecule is CCOCCNC(=O)NC(CO)c1ccccc1. The average molecular weight is 252 g/mol. The molecule has 0 aliphatic carbocycles. The molecular weight excluding hydrogens is 232 g/mol. The van der Waals surface area contributed by atoms with Crippen molar-refractivity contribution in [3.63, 3.8) is 0 Å². The Morgan fingerprint density at radius 3 is 2.72 bits per heavy atom. The maximum atomic E-state index is 11.6. The molecule has 0 aliphatic heterocycles. The van der Waals surface area contributed by atoms with E-state index in [0.717, 1.165) is 5.56 Å². The highest BCUT2D eigenvalue weighted by atomic mass is 16.5. The first-order valence-corrected chi connectivity index (χ1v) is 6.05. The van der Waals surface area contributed by atoms with E-state index in [1.54, 1.807) is 0 Å². The molecule has 0 heterocycles. The fourth-order valence-electron chi connectivity index (χ4n) is 1.51. The van der Waals surface area contributed by atoms with E-state index in [1.165, 1.54) is 0 Å². The number of urea groups is 1. The van der Waals surface area contributed by atoms with Gasteiger partial charge in [0.05, 0.1) is 19.3 Å². The summed E-state index contributed by atoms with van der Waals surface area (Å²) < 4.78 is 5.11. The maximum Gasteiger partial charge on any atom is 0.315 e. The van der Waals surface area contributed by atoms with Crippen molar-refractivity contribution < 1.29 is 14.6 Å². The third-order valence-corrected chi connectivity index (χ3v) is 2.43. The van der Waals surface area contributed by atoms with Crippen molar-refractivity contribution in [1.29, 1.82) is 0 Å². The zero-order chi connectivity index (χ0) is 13.2. The first-order chi connectivity index (χ1) is 8.77. The van der Waals surface area contributed by atoms with Crippen LogP contribution < -0.4 is 10.6 Å². The predicted octanol–water partition coefficient (Wildman–Crippen LogP) is 1.06. The van der Waals surface area contributed by atoms with Gasteiger partial charge in [-0.1, -0.05) is 30.3 Å². The molecule has 0 aliphatic rings. The lowest BCUT2D eigenvalue weighted by Gasteiger charge is -2.17. The molecule has 1 aromatic carbocycles. The Morgan fingerprint density at radius 1 is 1.39 bits per heavy atom. The van der Waals surface area contributed by atoms with Crippen LogP contribution in [0.4, 0.5) is 4.79 Å². The molecule has 1 unspecified atom stereocenters. The van der Waals surface area contributed by atoms with E-state index in [-0.39, 0.29) is 12.6 Å². The highest BCUT2D eigenvalue weighted by Crippen LogP contribution is 2.10. The minimum absolute atomic E-state index is 0.136. The Balaban J connectivity index is 2.37. The predicted molar refractivity (Wildman–Crippen MR) is 69.3 cm³/mol. The molecule has 5 heteroatoms. The Labute approximate surface area is 107 Å². The standard InChI is InChI=1S/C13H20N2O3/c1-2-18-9-8-14-13(17)15-12(10-16)11-6-4-3-5-7-11/h3-7,12,16H,2,8-10H2,1H3,(H2,14,15,17). The summed E-state index contributed by atoms with van der Waals surface area (Å²) in [7, 11) is 0. The van der Waals surface area contributed by atoms with Crippen molar-refractivity contribution in [1.82, 2.24) is 10.6 Å². The minimum atomic E-state index is -0.390. The zero-order valence-electron chi connectivity index (χ0n) is 10.6. The molecule has 2 amide bonds. The van der Waals surface area contributed by atoms with Crippen LogP contribution in [0.15, 0.2) is 30.3 Å². The van der Waals surface area contributed by atoms with Crippen LogP contribution in [0.3, 0.4) is 0 Å². The van der Waals surface area contributed by atoms with Gasteiger partial charge < -0.3 is 20.5 Å². The van der Waals surface area contributed by atoms with Gasteiger partial charge in [0.15, 0.2) is 0 Å². The number of aliphatic hydroxyl groups excluding tert-OH is 1. The molecule has 18 heavy (non-hydrogen) atoms. The average Bonchev–Trinajstić information content (AvgIpc) is 2.42. The van der Waals surface area contributed by atoms with Crippen molar-refractivity contribution in [2.75, 3.05) is 26.4 Å². The number of carbonyl (C=O) groups is 1. The Bertz CT molecular complexity index is 343. The van der Waals surface area contributed by atoms with Crippen LogP contribution in [0.5, 0.6) is 0 Å². The zero-order valence-corrected chi connectivity index (χ0v) is 10.6. The molecule has 100 valence electrons. The summed E-state index contributed by atoms with van der Waals surface area (Å²) in [4.78, 5) is 11.6. The van der Waals surface area contributed by atoms with Gasteiger partial charge in [-0.2, -0.15) is 0 Å². The molecule has 1 atom stereocenters. The summed E-state index contributed by atoms with van der Waals surface area (Å²) in [6.45, 7) is 3.33. The maximum absolute atomic E-state index is 11.6. The van der Waals surface area contributed by atoms with E-state index in [1.807, 2.05) is 37.3 Å². The number of ether oxygens (including phenoxy) is 1. The molecule has 0 spiro atoms. The second-order valence-electron chi connectivity index (χ2n) is 3.74. The topological polar surface area (TPSA) is 70.6 Å². The van der Waals surface area contributed by atoms with Crippen molar-refractivity contribution >= 4 is 6.03 Å². The van der Waals surface area contributed by atoms with Gasteiger partial charge >= 0.3 is 6.03 Å². The molecule has 0 aromatic heterocycles. The highest BCUT2D eigenvalue weighted by Gasteiger charge is 2.12. The number of hydrogen-bond donors (Lipinski definition) is 3. The molecule has 0 saturated heterocycles. The van der Waals surface area contributed by atoms with E-state index in [4.69, 9.17) is 4.74 Å². The van der Waals surface area contributed by atoms with Crippen LogP contribution in [0.2, 0.25) is 0 Å². The van der Waals surface area contributed by atoms with Gasteiger partial charge in [0, 0.05) is 13.2 Å². The van der Waals surface area contributed by atoms with Crippen LogP contribution in [-0.2, 0) is 4.74 Å². The largest absolute Gasteiger partial charge is 0.394 e. The van der Waals surface area contributed by atoms with Crippen molar-refractivity contribution in [3.8, 4) is 0 Å². The van der Waals surface area contributed by atoms with Crippen LogP contribution >= 0.6 is 0 Å². The first-order valence-electron chi connectivity index (χ1n) is 6.05. The van der Waals surface area contributed by atoms with Gasteiger partial charge in [0.2, 0.25) is 0 Å². The molecular formula is C13H20N2O3. The number of benzene rings is 1.